The number of nitrogens with zero attached hydrogens (tertiary/aromatic N) is 7. The van der Waals surface area contributed by atoms with Crippen LogP contribution in [-0.4, -0.2) is 98.9 Å². The maximum absolute atomic E-state index is 12.5. The third kappa shape index (κ3) is 14.7. The first kappa shape index (κ1) is 49.4. The summed E-state index contributed by atoms with van der Waals surface area (Å²) in [5.41, 5.74) is 1.58. The Morgan fingerprint density at radius 1 is 0.585 bits per heavy atom. The number of methoxy groups -OCH3 is 1. The van der Waals surface area contributed by atoms with Crippen LogP contribution >= 0.6 is 0 Å². The van der Waals surface area contributed by atoms with Crippen molar-refractivity contribution in [1.29, 1.82) is 0 Å². The predicted molar refractivity (Wildman–Crippen MR) is 228 cm³/mol. The Morgan fingerprint density at radius 2 is 1.11 bits per heavy atom. The van der Waals surface area contributed by atoms with E-state index in [1.165, 1.54) is 43.5 Å². The van der Waals surface area contributed by atoms with Crippen LogP contribution in [0.1, 0.15) is 22.8 Å². The minimum atomic E-state index is -4.95. The van der Waals surface area contributed by atoms with Crippen LogP contribution in [0.3, 0.4) is 0 Å². The first-order chi connectivity index (χ1) is 30.4. The monoisotopic (exact) mass is 992 g/mol. The van der Waals surface area contributed by atoms with Crippen LogP contribution < -0.4 is 10.1 Å². The van der Waals surface area contributed by atoms with Gasteiger partial charge >= 0.3 is 10.6 Å². The van der Waals surface area contributed by atoms with E-state index in [1.807, 2.05) is 0 Å². The number of azo groups is 2. The predicted octanol–water partition coefficient (Wildman–Crippen LogP) is 5.08. The molecule has 5 aromatic carbocycles. The largest absolute Gasteiger partial charge is 0.496 e. The summed E-state index contributed by atoms with van der Waals surface area (Å²) in [6.45, 7) is -0.303. The highest BCUT2D eigenvalue weighted by molar-refractivity contribution is 7.87. The van der Waals surface area contributed by atoms with Crippen LogP contribution in [0.15, 0.2) is 132 Å². The molecule has 0 fully saturated rings. The van der Waals surface area contributed by atoms with Gasteiger partial charge in [-0.15, -0.1) is 12.6 Å². The van der Waals surface area contributed by atoms with Gasteiger partial charge in [-0.2, -0.15) is 64.1 Å². The Bertz CT molecular complexity index is 3410. The maximum atomic E-state index is 12.5. The number of hydrogen-bond donors (Lipinski definition) is 5. The number of fused-ring (bicyclic) bond motifs is 1. The second-order valence-corrected chi connectivity index (χ2v) is 19.2. The van der Waals surface area contributed by atoms with Crippen molar-refractivity contribution >= 4 is 90.6 Å². The summed E-state index contributed by atoms with van der Waals surface area (Å²) >= 11 is 0. The summed E-state index contributed by atoms with van der Waals surface area (Å²) in [7, 11) is -20.6. The standard InChI is InChI=1S/C36H32N8O13S4.O3S/c1-57-31-19-27(43-42-26-10-7-22-15-29(59(48,49)50)21-33(30(22)18-26)61(54,55)56)11-8-23(31)16-34-38-35(40-36(39-34)37-13-14-58(45,46)47)17-24-9-12-28(20-32(24)60(51,52)53)44-41-25-5-3-2-4-6-25;1-4(2)3/h2-12,15,18-21H,13-14,16-17H2,1H3,(H,45,46,47)(H,48,49,50)(H,51,52,53)(H,54,55,56)(H,37,38,39,40);. The minimum Gasteiger partial charge on any atom is -0.496 e. The SMILES string of the molecule is COc1cc(N=Nc2ccc3cc(S(=O)(=O)O)cc(S(=O)(=O)O)c3c2)ccc1Cc1nc(Cc2ccc(N=Nc3ccccc3)cc2S(=O)(=O)O)nc(NCCS(=O)(=O)O)n1.O=S(=O)=O. The normalized spacial score (nSPS) is 12.3. The van der Waals surface area contributed by atoms with Gasteiger partial charge in [-0.1, -0.05) is 36.4 Å². The van der Waals surface area contributed by atoms with Crippen LogP contribution in [0.4, 0.5) is 28.7 Å². The van der Waals surface area contributed by atoms with Gasteiger partial charge < -0.3 is 10.1 Å². The van der Waals surface area contributed by atoms with E-state index in [1.54, 1.807) is 42.5 Å². The molecule has 29 heteroatoms. The van der Waals surface area contributed by atoms with Gasteiger partial charge in [0, 0.05) is 36.4 Å². The number of rotatable bonds is 16. The van der Waals surface area contributed by atoms with E-state index in [0.29, 0.717) is 17.3 Å². The summed E-state index contributed by atoms with van der Waals surface area (Å²) in [4.78, 5) is 11.1. The molecule has 1 heterocycles. The van der Waals surface area contributed by atoms with Gasteiger partial charge in [0.15, 0.2) is 0 Å². The lowest BCUT2D eigenvalue weighted by atomic mass is 10.1. The van der Waals surface area contributed by atoms with Gasteiger partial charge in [0.05, 0.1) is 45.4 Å². The van der Waals surface area contributed by atoms with Gasteiger partial charge in [-0.3, -0.25) is 18.2 Å². The molecule has 0 spiro atoms. The molecule has 0 amide bonds. The topological polar surface area (TPSA) is 378 Å². The second kappa shape index (κ2) is 20.5. The number of hydrogen-bond acceptors (Lipinski definition) is 20. The highest BCUT2D eigenvalue weighted by atomic mass is 32.2. The van der Waals surface area contributed by atoms with Crippen LogP contribution in [0.25, 0.3) is 10.8 Å². The molecule has 0 saturated carbocycles. The van der Waals surface area contributed by atoms with Crippen molar-refractivity contribution < 1.29 is 69.2 Å². The molecule has 0 aliphatic carbocycles. The summed E-state index contributed by atoms with van der Waals surface area (Å²) in [5, 5.41) is 19.1. The zero-order chi connectivity index (χ0) is 47.7. The lowest BCUT2D eigenvalue weighted by Crippen LogP contribution is -2.18. The quantitative estimate of drug-likeness (QED) is 0.0623. The maximum Gasteiger partial charge on any atom is 0.425 e. The van der Waals surface area contributed by atoms with Crippen molar-refractivity contribution in [3.8, 4) is 5.75 Å². The number of nitrogens with one attached hydrogen (secondary N) is 1. The van der Waals surface area contributed by atoms with Crippen molar-refractivity contribution in [2.75, 3.05) is 24.7 Å². The molecule has 0 bridgehead atoms. The Kier molecular flexibility index (Phi) is 15.6. The van der Waals surface area contributed by atoms with Gasteiger partial charge in [0.2, 0.25) is 5.95 Å². The Balaban J connectivity index is 0.00000190. The summed E-state index contributed by atoms with van der Waals surface area (Å²) < 4.78 is 165. The van der Waals surface area contributed by atoms with E-state index in [2.05, 4.69) is 40.7 Å². The lowest BCUT2D eigenvalue weighted by Gasteiger charge is -2.12. The highest BCUT2D eigenvalue weighted by Crippen LogP contribution is 2.33. The first-order valence-corrected chi connectivity index (χ1v) is 24.7. The van der Waals surface area contributed by atoms with E-state index in [0.717, 1.165) is 12.1 Å². The van der Waals surface area contributed by atoms with E-state index < -0.39 is 71.5 Å². The molecule has 5 N–H and O–H groups in total. The van der Waals surface area contributed by atoms with Gasteiger partial charge in [-0.05, 0) is 65.5 Å². The minimum absolute atomic E-state index is 0.00838. The van der Waals surface area contributed by atoms with Gasteiger partial charge in [0.1, 0.15) is 22.3 Å². The Morgan fingerprint density at radius 3 is 1.66 bits per heavy atom. The number of aromatic nitrogens is 3. The van der Waals surface area contributed by atoms with Crippen molar-refractivity contribution in [3.05, 3.63) is 120 Å². The average Bonchev–Trinajstić information content (AvgIpc) is 3.21. The average molecular weight is 993 g/mol. The smallest absolute Gasteiger partial charge is 0.425 e. The zero-order valence-corrected chi connectivity index (χ0v) is 37.0. The molecule has 65 heavy (non-hydrogen) atoms. The molecule has 1 aromatic heterocycles. The molecule has 0 radical (unpaired) electrons. The first-order valence-electron chi connectivity index (χ1n) is 17.8. The summed E-state index contributed by atoms with van der Waals surface area (Å²) in [6.07, 6.45) is -0.284. The third-order valence-electron chi connectivity index (χ3n) is 8.43. The van der Waals surface area contributed by atoms with Gasteiger partial charge in [0.25, 0.3) is 40.5 Å². The van der Waals surface area contributed by atoms with Crippen molar-refractivity contribution in [2.24, 2.45) is 20.5 Å². The summed E-state index contributed by atoms with van der Waals surface area (Å²) in [6, 6.07) is 22.9. The Labute approximate surface area is 371 Å². The molecule has 0 unspecified atom stereocenters. The van der Waals surface area contributed by atoms with Crippen molar-refractivity contribution in [1.82, 2.24) is 15.0 Å². The Hall–Kier alpha value is -6.57. The zero-order valence-electron chi connectivity index (χ0n) is 32.9. The van der Waals surface area contributed by atoms with E-state index in [9.17, 15) is 51.9 Å². The van der Waals surface area contributed by atoms with Crippen LogP contribution in [0, 0.1) is 0 Å². The molecule has 6 rings (SSSR count). The molecule has 0 aliphatic heterocycles. The second-order valence-electron chi connectivity index (χ2n) is 13.0. The molecule has 0 aliphatic rings. The van der Waals surface area contributed by atoms with E-state index in [4.69, 9.17) is 17.4 Å². The molecule has 0 saturated heterocycles. The number of benzene rings is 5. The number of anilines is 1. The molecule has 6 aromatic rings. The molecular weight excluding hydrogens is 961 g/mol. The van der Waals surface area contributed by atoms with Gasteiger partial charge in [-0.25, -0.2) is 4.98 Å². The van der Waals surface area contributed by atoms with Crippen LogP contribution in [0.2, 0.25) is 0 Å². The van der Waals surface area contributed by atoms with Crippen LogP contribution in [0.5, 0.6) is 5.75 Å². The van der Waals surface area contributed by atoms with E-state index >= 15 is 0 Å². The molecule has 0 atom stereocenters. The fraction of sp³-hybridized carbons (Fsp3) is 0.139. The lowest BCUT2D eigenvalue weighted by molar-refractivity contribution is 0.410. The molecule has 342 valence electrons. The van der Waals surface area contributed by atoms with Crippen LogP contribution in [-0.2, 0) is 63.9 Å². The van der Waals surface area contributed by atoms with Crippen molar-refractivity contribution in [2.45, 2.75) is 27.5 Å². The molecular formula is C36H32N8O16S5. The molecule has 24 nitrogen and oxygen atoms in total. The third-order valence-corrected chi connectivity index (χ3v) is 11.8. The number of ether oxygens (including phenoxy) is 1. The van der Waals surface area contributed by atoms with Crippen molar-refractivity contribution in [3.63, 3.8) is 0 Å². The fourth-order valence-electron chi connectivity index (χ4n) is 5.71. The fourth-order valence-corrected chi connectivity index (χ4v) is 8.16. The summed E-state index contributed by atoms with van der Waals surface area (Å²) in [5.74, 6) is -0.407. The van der Waals surface area contributed by atoms with E-state index in [-0.39, 0.29) is 76.1 Å². The highest BCUT2D eigenvalue weighted by Gasteiger charge is 2.22.